The Kier molecular flexibility index (Phi) is 4.85. The number of amides is 1. The molecule has 0 bridgehead atoms. The third kappa shape index (κ3) is 3.29. The van der Waals surface area contributed by atoms with E-state index in [-0.39, 0.29) is 4.99 Å². The summed E-state index contributed by atoms with van der Waals surface area (Å²) in [6.07, 6.45) is 0. The van der Waals surface area contributed by atoms with Gasteiger partial charge in [0, 0.05) is 11.3 Å². The van der Waals surface area contributed by atoms with E-state index in [1.807, 2.05) is 0 Å². The van der Waals surface area contributed by atoms with Crippen LogP contribution in [0.3, 0.4) is 0 Å². The van der Waals surface area contributed by atoms with Crippen LogP contribution in [0.1, 0.15) is 10.4 Å². The molecule has 0 aliphatic carbocycles. The average molecular weight is 314 g/mol. The summed E-state index contributed by atoms with van der Waals surface area (Å²) >= 11 is 4.84. The largest absolute Gasteiger partial charge is 0.479 e. The summed E-state index contributed by atoms with van der Waals surface area (Å²) in [5, 5.41) is 9.41. The molecule has 0 spiro atoms. The number of aliphatic carboxylic acids is 1. The molecule has 0 fully saturated rings. The van der Waals surface area contributed by atoms with E-state index in [0.717, 1.165) is 4.90 Å². The van der Waals surface area contributed by atoms with Crippen LogP contribution in [-0.2, 0) is 4.79 Å². The highest BCUT2D eigenvalue weighted by Crippen LogP contribution is 2.20. The summed E-state index contributed by atoms with van der Waals surface area (Å²) in [6.45, 7) is 0. The molecule has 2 aromatic rings. The van der Waals surface area contributed by atoms with Crippen LogP contribution in [0, 0.1) is 0 Å². The lowest BCUT2D eigenvalue weighted by Crippen LogP contribution is -2.52. The number of nitrogens with two attached hydrogens (primary N) is 1. The second-order valence-electron chi connectivity index (χ2n) is 4.52. The number of carboxylic acid groups (broad SMARTS) is 1. The molecule has 5 nitrogen and oxygen atoms in total. The quantitative estimate of drug-likeness (QED) is 0.826. The van der Waals surface area contributed by atoms with Gasteiger partial charge in [0.2, 0.25) is 0 Å². The van der Waals surface area contributed by atoms with Gasteiger partial charge in [-0.25, -0.2) is 4.79 Å². The van der Waals surface area contributed by atoms with Crippen molar-refractivity contribution in [2.75, 3.05) is 4.90 Å². The lowest BCUT2D eigenvalue weighted by atomic mass is 10.1. The van der Waals surface area contributed by atoms with E-state index >= 15 is 0 Å². The van der Waals surface area contributed by atoms with Crippen LogP contribution in [0.5, 0.6) is 0 Å². The predicted octanol–water partition coefficient (Wildman–Crippen LogP) is 2.07. The van der Waals surface area contributed by atoms with Crippen LogP contribution in [0.15, 0.2) is 60.7 Å². The minimum Gasteiger partial charge on any atom is -0.479 e. The summed E-state index contributed by atoms with van der Waals surface area (Å²) in [5.41, 5.74) is 6.32. The predicted molar refractivity (Wildman–Crippen MR) is 87.9 cm³/mol. The fourth-order valence-electron chi connectivity index (χ4n) is 2.05. The summed E-state index contributed by atoms with van der Waals surface area (Å²) in [6, 6.07) is 15.4. The number of hydrogen-bond acceptors (Lipinski definition) is 3. The maximum Gasteiger partial charge on any atom is 0.333 e. The normalized spacial score (nSPS) is 11.5. The number of benzene rings is 2. The Balaban J connectivity index is 2.53. The van der Waals surface area contributed by atoms with E-state index in [4.69, 9.17) is 18.0 Å². The zero-order valence-electron chi connectivity index (χ0n) is 11.5. The fourth-order valence-corrected chi connectivity index (χ4v) is 2.26. The van der Waals surface area contributed by atoms with Crippen LogP contribution in [0.4, 0.5) is 5.69 Å². The molecule has 1 unspecified atom stereocenters. The first kappa shape index (κ1) is 15.7. The van der Waals surface area contributed by atoms with Crippen molar-refractivity contribution in [2.24, 2.45) is 5.73 Å². The third-order valence-corrected chi connectivity index (χ3v) is 3.26. The van der Waals surface area contributed by atoms with Crippen molar-refractivity contribution < 1.29 is 14.7 Å². The van der Waals surface area contributed by atoms with Crippen molar-refractivity contribution in [3.63, 3.8) is 0 Å². The minimum atomic E-state index is -1.41. The van der Waals surface area contributed by atoms with Gasteiger partial charge >= 0.3 is 5.97 Å². The van der Waals surface area contributed by atoms with Crippen molar-refractivity contribution in [1.82, 2.24) is 0 Å². The van der Waals surface area contributed by atoms with E-state index in [1.54, 1.807) is 60.7 Å². The van der Waals surface area contributed by atoms with Crippen LogP contribution < -0.4 is 10.6 Å². The Hall–Kier alpha value is -2.73. The lowest BCUT2D eigenvalue weighted by Gasteiger charge is -2.28. The summed E-state index contributed by atoms with van der Waals surface area (Å²) in [7, 11) is 0. The number of thiocarbonyl (C=S) groups is 1. The highest BCUT2D eigenvalue weighted by atomic mass is 32.1. The number of carbonyl (C=O) groups is 2. The number of hydrogen-bond donors (Lipinski definition) is 2. The van der Waals surface area contributed by atoms with Gasteiger partial charge in [0.1, 0.15) is 4.99 Å². The van der Waals surface area contributed by atoms with Gasteiger partial charge in [0.05, 0.1) is 0 Å². The fraction of sp³-hybridized carbons (Fsp3) is 0.0625. The number of carbonyl (C=O) groups excluding carboxylic acids is 1. The zero-order chi connectivity index (χ0) is 16.1. The molecule has 0 radical (unpaired) electrons. The molecule has 112 valence electrons. The number of rotatable bonds is 5. The number of carboxylic acids is 1. The Labute approximate surface area is 133 Å². The maximum absolute atomic E-state index is 12.7. The summed E-state index contributed by atoms with van der Waals surface area (Å²) < 4.78 is 0. The zero-order valence-corrected chi connectivity index (χ0v) is 12.4. The van der Waals surface area contributed by atoms with E-state index < -0.39 is 17.9 Å². The molecular weight excluding hydrogens is 300 g/mol. The van der Waals surface area contributed by atoms with Gasteiger partial charge in [0.15, 0.2) is 6.04 Å². The second-order valence-corrected chi connectivity index (χ2v) is 4.99. The van der Waals surface area contributed by atoms with Crippen molar-refractivity contribution >= 4 is 34.8 Å². The van der Waals surface area contributed by atoms with Gasteiger partial charge in [-0.3, -0.25) is 9.69 Å². The molecule has 0 aliphatic rings. The first-order chi connectivity index (χ1) is 10.5. The highest BCUT2D eigenvalue weighted by molar-refractivity contribution is 7.80. The Morgan fingerprint density at radius 1 is 1.00 bits per heavy atom. The molecular formula is C16H14N2O3S. The Morgan fingerprint density at radius 2 is 1.50 bits per heavy atom. The molecule has 22 heavy (non-hydrogen) atoms. The van der Waals surface area contributed by atoms with E-state index in [1.165, 1.54) is 0 Å². The smallest absolute Gasteiger partial charge is 0.333 e. The molecule has 3 N–H and O–H groups in total. The molecule has 0 saturated heterocycles. The molecule has 2 aromatic carbocycles. The molecule has 6 heteroatoms. The minimum absolute atomic E-state index is 0.277. The molecule has 0 heterocycles. The topological polar surface area (TPSA) is 83.6 Å². The van der Waals surface area contributed by atoms with E-state index in [0.29, 0.717) is 11.3 Å². The van der Waals surface area contributed by atoms with Crippen molar-refractivity contribution in [3.05, 3.63) is 66.2 Å². The molecule has 2 rings (SSSR count). The van der Waals surface area contributed by atoms with Gasteiger partial charge in [0.25, 0.3) is 5.91 Å². The van der Waals surface area contributed by atoms with Crippen LogP contribution in [0.25, 0.3) is 0 Å². The van der Waals surface area contributed by atoms with Crippen molar-refractivity contribution in [3.8, 4) is 0 Å². The first-order valence-corrected chi connectivity index (χ1v) is 6.89. The number of nitrogens with zero attached hydrogens (tertiary/aromatic N) is 1. The van der Waals surface area contributed by atoms with Gasteiger partial charge < -0.3 is 10.8 Å². The molecule has 1 atom stereocenters. The van der Waals surface area contributed by atoms with Gasteiger partial charge in [-0.2, -0.15) is 0 Å². The number of para-hydroxylation sites is 1. The third-order valence-electron chi connectivity index (χ3n) is 3.04. The van der Waals surface area contributed by atoms with Gasteiger partial charge in [-0.1, -0.05) is 48.6 Å². The summed E-state index contributed by atoms with van der Waals surface area (Å²) in [4.78, 5) is 25.1. The number of anilines is 1. The molecule has 1 amide bonds. The Bertz CT molecular complexity index is 675. The first-order valence-electron chi connectivity index (χ1n) is 6.48. The highest BCUT2D eigenvalue weighted by Gasteiger charge is 2.33. The van der Waals surface area contributed by atoms with Crippen LogP contribution in [0.2, 0.25) is 0 Å². The van der Waals surface area contributed by atoms with Crippen LogP contribution >= 0.6 is 12.2 Å². The van der Waals surface area contributed by atoms with E-state index in [2.05, 4.69) is 0 Å². The SMILES string of the molecule is NC(=S)C(C(=O)O)N(C(=O)c1ccccc1)c1ccccc1. The Morgan fingerprint density at radius 3 is 1.95 bits per heavy atom. The van der Waals surface area contributed by atoms with Crippen LogP contribution in [-0.4, -0.2) is 28.0 Å². The maximum atomic E-state index is 12.7. The molecule has 0 aliphatic heterocycles. The standard InChI is InChI=1S/C16H14N2O3S/c17-14(22)13(16(20)21)18(12-9-5-2-6-10-12)15(19)11-7-3-1-4-8-11/h1-10,13H,(H2,17,22)(H,20,21). The van der Waals surface area contributed by atoms with Crippen molar-refractivity contribution in [2.45, 2.75) is 6.04 Å². The monoisotopic (exact) mass is 314 g/mol. The van der Waals surface area contributed by atoms with Gasteiger partial charge in [-0.15, -0.1) is 0 Å². The van der Waals surface area contributed by atoms with Crippen molar-refractivity contribution in [1.29, 1.82) is 0 Å². The second kappa shape index (κ2) is 6.82. The lowest BCUT2D eigenvalue weighted by molar-refractivity contribution is -0.136. The van der Waals surface area contributed by atoms with Gasteiger partial charge in [-0.05, 0) is 24.3 Å². The van der Waals surface area contributed by atoms with E-state index in [9.17, 15) is 14.7 Å². The average Bonchev–Trinajstić information content (AvgIpc) is 2.52. The molecule has 0 saturated carbocycles. The molecule has 0 aromatic heterocycles. The summed E-state index contributed by atoms with van der Waals surface area (Å²) in [5.74, 6) is -1.76.